The molecule has 124 valence electrons. The number of piperazine rings is 1. The second-order valence-electron chi connectivity index (χ2n) is 5.85. The van der Waals surface area contributed by atoms with Crippen LogP contribution in [0, 0.1) is 6.92 Å². The molecule has 2 heterocycles. The Morgan fingerprint density at radius 2 is 1.79 bits per heavy atom. The zero-order valence-corrected chi connectivity index (χ0v) is 13.6. The number of anilines is 2. The number of aryl methyl sites for hydroxylation is 1. The fourth-order valence-electron chi connectivity index (χ4n) is 2.61. The topological polar surface area (TPSA) is 65.5 Å². The minimum Gasteiger partial charge on any atom is -0.353 e. The van der Waals surface area contributed by atoms with Crippen LogP contribution in [0.5, 0.6) is 0 Å². The lowest BCUT2D eigenvalue weighted by atomic mass is 10.1. The van der Waals surface area contributed by atoms with E-state index in [2.05, 4.69) is 15.2 Å². The summed E-state index contributed by atoms with van der Waals surface area (Å²) in [4.78, 5) is 31.2. The molecule has 1 aliphatic heterocycles. The van der Waals surface area contributed by atoms with Gasteiger partial charge in [0, 0.05) is 31.7 Å². The first kappa shape index (κ1) is 16.0. The molecule has 2 amide bonds. The van der Waals surface area contributed by atoms with Crippen molar-refractivity contribution in [3.05, 3.63) is 53.7 Å². The predicted molar refractivity (Wildman–Crippen MR) is 93.2 cm³/mol. The van der Waals surface area contributed by atoms with Gasteiger partial charge in [-0.1, -0.05) is 17.7 Å². The van der Waals surface area contributed by atoms with Crippen molar-refractivity contribution in [3.8, 4) is 0 Å². The summed E-state index contributed by atoms with van der Waals surface area (Å²) in [6, 6.07) is 11.2. The lowest BCUT2D eigenvalue weighted by Gasteiger charge is -2.33. The molecule has 6 nitrogen and oxygen atoms in total. The zero-order chi connectivity index (χ0) is 16.9. The predicted octanol–water partition coefficient (Wildman–Crippen LogP) is 1.92. The smallest absolute Gasteiger partial charge is 0.255 e. The minimum atomic E-state index is -0.149. The fraction of sp³-hybridized carbons (Fsp3) is 0.278. The van der Waals surface area contributed by atoms with E-state index in [1.54, 1.807) is 23.2 Å². The number of carbonyl (C=O) groups excluding carboxylic acids is 2. The first-order valence-corrected chi connectivity index (χ1v) is 7.94. The van der Waals surface area contributed by atoms with Crippen LogP contribution in [0.1, 0.15) is 15.9 Å². The van der Waals surface area contributed by atoms with E-state index >= 15 is 0 Å². The molecule has 0 bridgehead atoms. The van der Waals surface area contributed by atoms with Crippen molar-refractivity contribution in [3.63, 3.8) is 0 Å². The van der Waals surface area contributed by atoms with E-state index in [0.29, 0.717) is 24.3 Å². The second-order valence-corrected chi connectivity index (χ2v) is 5.85. The molecule has 1 aromatic heterocycles. The maximum Gasteiger partial charge on any atom is 0.255 e. The molecule has 0 aliphatic carbocycles. The quantitative estimate of drug-likeness (QED) is 0.873. The second kappa shape index (κ2) is 7.12. The van der Waals surface area contributed by atoms with Gasteiger partial charge in [0.05, 0.1) is 11.9 Å². The summed E-state index contributed by atoms with van der Waals surface area (Å²) >= 11 is 0. The summed E-state index contributed by atoms with van der Waals surface area (Å²) in [6.07, 6.45) is 2.54. The number of nitrogens with zero attached hydrogens (tertiary/aromatic N) is 3. The van der Waals surface area contributed by atoms with Gasteiger partial charge in [0.15, 0.2) is 0 Å². The standard InChI is InChI=1S/C18H20N4O2/c1-14-2-4-15(5-3-14)18(24)20-16-6-7-17(19-12-16)22-10-8-21(13-23)9-11-22/h2-7,12-13H,8-11H2,1H3,(H,20,24). The van der Waals surface area contributed by atoms with Crippen LogP contribution in [0.3, 0.4) is 0 Å². The Morgan fingerprint density at radius 1 is 1.08 bits per heavy atom. The Bertz CT molecular complexity index is 705. The van der Waals surface area contributed by atoms with Crippen molar-refractivity contribution in [1.82, 2.24) is 9.88 Å². The molecule has 1 aliphatic rings. The first-order chi connectivity index (χ1) is 11.7. The van der Waals surface area contributed by atoms with Crippen LogP contribution in [0.2, 0.25) is 0 Å². The van der Waals surface area contributed by atoms with Crippen LogP contribution in [0.15, 0.2) is 42.6 Å². The van der Waals surface area contributed by atoms with Crippen LogP contribution in [0.4, 0.5) is 11.5 Å². The summed E-state index contributed by atoms with van der Waals surface area (Å²) in [7, 11) is 0. The molecule has 24 heavy (non-hydrogen) atoms. The lowest BCUT2D eigenvalue weighted by molar-refractivity contribution is -0.118. The number of hydrogen-bond acceptors (Lipinski definition) is 4. The van der Waals surface area contributed by atoms with Crippen LogP contribution in [-0.2, 0) is 4.79 Å². The molecule has 6 heteroatoms. The van der Waals surface area contributed by atoms with Gasteiger partial charge in [-0.25, -0.2) is 4.98 Å². The number of pyridine rings is 1. The Balaban J connectivity index is 1.61. The van der Waals surface area contributed by atoms with Gasteiger partial charge in [-0.3, -0.25) is 9.59 Å². The Hall–Kier alpha value is -2.89. The number of rotatable bonds is 4. The van der Waals surface area contributed by atoms with Gasteiger partial charge in [-0.15, -0.1) is 0 Å². The number of hydrogen-bond donors (Lipinski definition) is 1. The number of nitrogens with one attached hydrogen (secondary N) is 1. The Labute approximate surface area is 141 Å². The molecule has 1 aromatic carbocycles. The highest BCUT2D eigenvalue weighted by Crippen LogP contribution is 2.16. The molecule has 2 aromatic rings. The van der Waals surface area contributed by atoms with Crippen LogP contribution < -0.4 is 10.2 Å². The molecular formula is C18H20N4O2. The number of benzene rings is 1. The molecule has 1 fully saturated rings. The molecule has 0 radical (unpaired) electrons. The third-order valence-electron chi connectivity index (χ3n) is 4.11. The van der Waals surface area contributed by atoms with Gasteiger partial charge in [-0.2, -0.15) is 0 Å². The van der Waals surface area contributed by atoms with E-state index < -0.39 is 0 Å². The van der Waals surface area contributed by atoms with E-state index in [9.17, 15) is 9.59 Å². The van der Waals surface area contributed by atoms with Gasteiger partial charge in [0.25, 0.3) is 5.91 Å². The molecule has 0 spiro atoms. The van der Waals surface area contributed by atoms with Gasteiger partial charge < -0.3 is 15.1 Å². The van der Waals surface area contributed by atoms with Crippen LogP contribution >= 0.6 is 0 Å². The third-order valence-corrected chi connectivity index (χ3v) is 4.11. The van der Waals surface area contributed by atoms with Crippen molar-refractivity contribution in [2.75, 3.05) is 36.4 Å². The van der Waals surface area contributed by atoms with Crippen LogP contribution in [0.25, 0.3) is 0 Å². The van der Waals surface area contributed by atoms with E-state index in [1.807, 2.05) is 31.2 Å². The Morgan fingerprint density at radius 3 is 2.38 bits per heavy atom. The highest BCUT2D eigenvalue weighted by molar-refractivity contribution is 6.04. The van der Waals surface area contributed by atoms with Gasteiger partial charge in [-0.05, 0) is 31.2 Å². The van der Waals surface area contributed by atoms with Gasteiger partial charge in [0.1, 0.15) is 5.82 Å². The van der Waals surface area contributed by atoms with Crippen molar-refractivity contribution in [2.45, 2.75) is 6.92 Å². The largest absolute Gasteiger partial charge is 0.353 e. The monoisotopic (exact) mass is 324 g/mol. The van der Waals surface area contributed by atoms with Crippen molar-refractivity contribution < 1.29 is 9.59 Å². The number of amides is 2. The summed E-state index contributed by atoms with van der Waals surface area (Å²) in [5, 5.41) is 2.85. The molecule has 0 atom stereocenters. The molecule has 1 N–H and O–H groups in total. The normalized spacial score (nSPS) is 14.4. The SMILES string of the molecule is Cc1ccc(C(=O)Nc2ccc(N3CCN(C=O)CC3)nc2)cc1. The molecule has 3 rings (SSSR count). The summed E-state index contributed by atoms with van der Waals surface area (Å²) in [6.45, 7) is 4.93. The average Bonchev–Trinajstić information content (AvgIpc) is 2.63. The van der Waals surface area contributed by atoms with Crippen molar-refractivity contribution in [2.24, 2.45) is 0 Å². The first-order valence-electron chi connectivity index (χ1n) is 7.94. The van der Waals surface area contributed by atoms with Crippen molar-refractivity contribution in [1.29, 1.82) is 0 Å². The maximum absolute atomic E-state index is 12.2. The number of aromatic nitrogens is 1. The van der Waals surface area contributed by atoms with E-state index in [1.165, 1.54) is 0 Å². The molecule has 0 saturated carbocycles. The third kappa shape index (κ3) is 3.71. The summed E-state index contributed by atoms with van der Waals surface area (Å²) in [5.41, 5.74) is 2.40. The zero-order valence-electron chi connectivity index (χ0n) is 13.6. The van der Waals surface area contributed by atoms with Gasteiger partial charge in [0.2, 0.25) is 6.41 Å². The van der Waals surface area contributed by atoms with Crippen molar-refractivity contribution >= 4 is 23.8 Å². The van der Waals surface area contributed by atoms with E-state index in [0.717, 1.165) is 30.9 Å². The molecule has 0 unspecified atom stereocenters. The lowest BCUT2D eigenvalue weighted by Crippen LogP contribution is -2.46. The van der Waals surface area contributed by atoms with Gasteiger partial charge >= 0.3 is 0 Å². The maximum atomic E-state index is 12.2. The minimum absolute atomic E-state index is 0.149. The fourth-order valence-corrected chi connectivity index (χ4v) is 2.61. The highest BCUT2D eigenvalue weighted by Gasteiger charge is 2.16. The molecular weight excluding hydrogens is 304 g/mol. The average molecular weight is 324 g/mol. The van der Waals surface area contributed by atoms with E-state index in [4.69, 9.17) is 0 Å². The summed E-state index contributed by atoms with van der Waals surface area (Å²) in [5.74, 6) is 0.707. The Kier molecular flexibility index (Phi) is 4.74. The van der Waals surface area contributed by atoms with Crippen LogP contribution in [-0.4, -0.2) is 48.4 Å². The molecule has 1 saturated heterocycles. The highest BCUT2D eigenvalue weighted by atomic mass is 16.1. The summed E-state index contributed by atoms with van der Waals surface area (Å²) < 4.78 is 0. The van der Waals surface area contributed by atoms with E-state index in [-0.39, 0.29) is 5.91 Å². The number of carbonyl (C=O) groups is 2.